The highest BCUT2D eigenvalue weighted by Gasteiger charge is 2.43. The monoisotopic (exact) mass is 293 g/mol. The highest BCUT2D eigenvalue weighted by atomic mass is 16.7. The van der Waals surface area contributed by atoms with Gasteiger partial charge in [-0.15, -0.1) is 0 Å². The summed E-state index contributed by atoms with van der Waals surface area (Å²) in [5.74, 6) is 0.535. The van der Waals surface area contributed by atoms with Gasteiger partial charge in [0.05, 0.1) is 18.4 Å². The molecule has 1 saturated carbocycles. The smallest absolute Gasteiger partial charge is 0.168 e. The Morgan fingerprint density at radius 2 is 2.10 bits per heavy atom. The standard InChI is InChI=1S/C16H27N3O2/c1-11-4-6-16(7-5-11)20-10-14(21-16)8-17-9-15-12(2)18-19-13(15)3/h11,14,17H,4-10H2,1-3H3,(H,18,19). The summed E-state index contributed by atoms with van der Waals surface area (Å²) in [4.78, 5) is 0. The van der Waals surface area contributed by atoms with Crippen molar-refractivity contribution in [1.82, 2.24) is 15.5 Å². The lowest BCUT2D eigenvalue weighted by Gasteiger charge is -2.34. The molecule has 0 bridgehead atoms. The molecule has 21 heavy (non-hydrogen) atoms. The van der Waals surface area contributed by atoms with E-state index in [2.05, 4.69) is 29.4 Å². The van der Waals surface area contributed by atoms with Crippen molar-refractivity contribution in [3.05, 3.63) is 17.0 Å². The second-order valence-electron chi connectivity index (χ2n) is 6.69. The fraction of sp³-hybridized carbons (Fsp3) is 0.812. The Labute approximate surface area is 126 Å². The van der Waals surface area contributed by atoms with Gasteiger partial charge in [0.1, 0.15) is 0 Å². The summed E-state index contributed by atoms with van der Waals surface area (Å²) in [5, 5.41) is 10.7. The molecule has 1 aliphatic carbocycles. The van der Waals surface area contributed by atoms with Gasteiger partial charge in [-0.1, -0.05) is 6.92 Å². The molecule has 2 N–H and O–H groups in total. The van der Waals surface area contributed by atoms with Gasteiger partial charge in [0.25, 0.3) is 0 Å². The van der Waals surface area contributed by atoms with Gasteiger partial charge in [0.15, 0.2) is 5.79 Å². The lowest BCUT2D eigenvalue weighted by atomic mass is 9.86. The van der Waals surface area contributed by atoms with Crippen molar-refractivity contribution in [2.75, 3.05) is 13.2 Å². The summed E-state index contributed by atoms with van der Waals surface area (Å²) >= 11 is 0. The number of hydrogen-bond donors (Lipinski definition) is 2. The number of H-pyrrole nitrogens is 1. The average molecular weight is 293 g/mol. The molecule has 1 unspecified atom stereocenters. The molecule has 118 valence electrons. The SMILES string of the molecule is Cc1n[nH]c(C)c1CNCC1COC2(CCC(C)CC2)O1. The first-order chi connectivity index (χ1) is 10.1. The van der Waals surface area contributed by atoms with E-state index in [4.69, 9.17) is 9.47 Å². The molecule has 2 fully saturated rings. The quantitative estimate of drug-likeness (QED) is 0.895. The number of nitrogens with zero attached hydrogens (tertiary/aromatic N) is 1. The average Bonchev–Trinajstić information content (AvgIpc) is 3.01. The highest BCUT2D eigenvalue weighted by Crippen LogP contribution is 2.39. The molecule has 1 aromatic rings. The van der Waals surface area contributed by atoms with E-state index < -0.39 is 0 Å². The minimum atomic E-state index is -0.277. The van der Waals surface area contributed by atoms with Gasteiger partial charge in [-0.3, -0.25) is 5.10 Å². The Kier molecular flexibility index (Phi) is 4.33. The van der Waals surface area contributed by atoms with Crippen LogP contribution in [0.5, 0.6) is 0 Å². The zero-order valence-electron chi connectivity index (χ0n) is 13.4. The van der Waals surface area contributed by atoms with Crippen molar-refractivity contribution in [1.29, 1.82) is 0 Å². The lowest BCUT2D eigenvalue weighted by molar-refractivity contribution is -0.191. The van der Waals surface area contributed by atoms with Gasteiger partial charge >= 0.3 is 0 Å². The normalized spacial score (nSPS) is 32.9. The van der Waals surface area contributed by atoms with Crippen molar-refractivity contribution >= 4 is 0 Å². The third kappa shape index (κ3) is 3.30. The van der Waals surface area contributed by atoms with Gasteiger partial charge in [-0.05, 0) is 32.6 Å². The summed E-state index contributed by atoms with van der Waals surface area (Å²) in [6, 6.07) is 0. The van der Waals surface area contributed by atoms with E-state index in [1.165, 1.54) is 18.4 Å². The second kappa shape index (κ2) is 6.07. The van der Waals surface area contributed by atoms with Crippen LogP contribution in [-0.4, -0.2) is 35.2 Å². The van der Waals surface area contributed by atoms with E-state index in [9.17, 15) is 0 Å². The summed E-state index contributed by atoms with van der Waals surface area (Å²) in [6.07, 6.45) is 4.70. The highest BCUT2D eigenvalue weighted by molar-refractivity contribution is 5.22. The number of hydrogen-bond acceptors (Lipinski definition) is 4. The molecule has 1 spiro atoms. The summed E-state index contributed by atoms with van der Waals surface area (Å²) in [6.45, 7) is 8.79. The van der Waals surface area contributed by atoms with Crippen molar-refractivity contribution in [3.8, 4) is 0 Å². The van der Waals surface area contributed by atoms with E-state index in [0.29, 0.717) is 6.61 Å². The van der Waals surface area contributed by atoms with Gasteiger partial charge in [0.2, 0.25) is 0 Å². The van der Waals surface area contributed by atoms with Crippen LogP contribution < -0.4 is 5.32 Å². The van der Waals surface area contributed by atoms with Gasteiger partial charge in [0, 0.05) is 37.2 Å². The Hall–Kier alpha value is -0.910. The molecule has 1 aromatic heterocycles. The summed E-state index contributed by atoms with van der Waals surface area (Å²) in [7, 11) is 0. The first-order valence-corrected chi connectivity index (χ1v) is 8.11. The van der Waals surface area contributed by atoms with Gasteiger partial charge in [-0.25, -0.2) is 0 Å². The maximum atomic E-state index is 6.21. The number of nitrogens with one attached hydrogen (secondary N) is 2. The van der Waals surface area contributed by atoms with E-state index in [1.54, 1.807) is 0 Å². The molecule has 1 atom stereocenters. The molecule has 1 aliphatic heterocycles. The molecular weight excluding hydrogens is 266 g/mol. The van der Waals surface area contributed by atoms with Crippen LogP contribution in [0.2, 0.25) is 0 Å². The lowest BCUT2D eigenvalue weighted by Crippen LogP contribution is -2.37. The zero-order valence-corrected chi connectivity index (χ0v) is 13.4. The largest absolute Gasteiger partial charge is 0.347 e. The minimum absolute atomic E-state index is 0.172. The fourth-order valence-electron chi connectivity index (χ4n) is 3.37. The molecule has 2 aliphatic rings. The van der Waals surface area contributed by atoms with E-state index >= 15 is 0 Å². The number of aromatic nitrogens is 2. The Morgan fingerprint density at radius 3 is 2.76 bits per heavy atom. The maximum absolute atomic E-state index is 6.21. The maximum Gasteiger partial charge on any atom is 0.168 e. The molecule has 3 rings (SSSR count). The van der Waals surface area contributed by atoms with Crippen LogP contribution in [0.4, 0.5) is 0 Å². The third-order valence-corrected chi connectivity index (χ3v) is 4.90. The van der Waals surface area contributed by atoms with Crippen LogP contribution in [0, 0.1) is 19.8 Å². The van der Waals surface area contributed by atoms with Crippen LogP contribution in [0.25, 0.3) is 0 Å². The van der Waals surface area contributed by atoms with Crippen LogP contribution in [0.3, 0.4) is 0 Å². The van der Waals surface area contributed by atoms with Crippen LogP contribution >= 0.6 is 0 Å². The minimum Gasteiger partial charge on any atom is -0.347 e. The number of aryl methyl sites for hydroxylation is 2. The Morgan fingerprint density at radius 1 is 1.33 bits per heavy atom. The topological polar surface area (TPSA) is 59.2 Å². The fourth-order valence-corrected chi connectivity index (χ4v) is 3.37. The molecule has 0 amide bonds. The predicted molar refractivity (Wildman–Crippen MR) is 81.0 cm³/mol. The molecular formula is C16H27N3O2. The molecule has 5 nitrogen and oxygen atoms in total. The number of rotatable bonds is 4. The molecule has 0 radical (unpaired) electrons. The molecule has 0 aromatic carbocycles. The van der Waals surface area contributed by atoms with E-state index in [0.717, 1.165) is 43.2 Å². The Bertz CT molecular complexity index is 458. The second-order valence-corrected chi connectivity index (χ2v) is 6.69. The van der Waals surface area contributed by atoms with Crippen LogP contribution in [0.1, 0.15) is 49.6 Å². The summed E-state index contributed by atoms with van der Waals surface area (Å²) in [5.41, 5.74) is 3.47. The van der Waals surface area contributed by atoms with Crippen molar-refractivity contribution in [2.24, 2.45) is 5.92 Å². The number of aromatic amines is 1. The van der Waals surface area contributed by atoms with Gasteiger partial charge < -0.3 is 14.8 Å². The molecule has 2 heterocycles. The van der Waals surface area contributed by atoms with Crippen molar-refractivity contribution in [2.45, 2.75) is 64.9 Å². The van der Waals surface area contributed by atoms with Gasteiger partial charge in [-0.2, -0.15) is 5.10 Å². The predicted octanol–water partition coefficient (Wildman–Crippen LogP) is 2.44. The van der Waals surface area contributed by atoms with Crippen molar-refractivity contribution < 1.29 is 9.47 Å². The first kappa shape index (κ1) is 15.0. The zero-order chi connectivity index (χ0) is 14.9. The van der Waals surface area contributed by atoms with Crippen molar-refractivity contribution in [3.63, 3.8) is 0 Å². The first-order valence-electron chi connectivity index (χ1n) is 8.11. The molecule has 1 saturated heterocycles. The number of ether oxygens (including phenoxy) is 2. The van der Waals surface area contributed by atoms with E-state index in [1.807, 2.05) is 6.92 Å². The van der Waals surface area contributed by atoms with Crippen LogP contribution in [0.15, 0.2) is 0 Å². The summed E-state index contributed by atoms with van der Waals surface area (Å²) < 4.78 is 12.2. The Balaban J connectivity index is 1.45. The molecule has 5 heteroatoms. The third-order valence-electron chi connectivity index (χ3n) is 4.90. The van der Waals surface area contributed by atoms with Crippen LogP contribution in [-0.2, 0) is 16.0 Å². The van der Waals surface area contributed by atoms with E-state index in [-0.39, 0.29) is 11.9 Å².